The van der Waals surface area contributed by atoms with E-state index in [1.807, 2.05) is 0 Å². The van der Waals surface area contributed by atoms with E-state index in [9.17, 15) is 22.0 Å². The molecule has 0 aliphatic rings. The fraction of sp³-hybridized carbons (Fsp3) is 0.400. The molecule has 2 N–H and O–H groups in total. The zero-order chi connectivity index (χ0) is 13.1. The molecular formula is C10H10F5NS. The van der Waals surface area contributed by atoms with Crippen LogP contribution in [0.15, 0.2) is 23.1 Å². The van der Waals surface area contributed by atoms with Crippen LogP contribution >= 0.6 is 11.8 Å². The Morgan fingerprint density at radius 1 is 1.18 bits per heavy atom. The Labute approximate surface area is 99.2 Å². The first-order chi connectivity index (χ1) is 7.84. The van der Waals surface area contributed by atoms with Crippen LogP contribution in [0.1, 0.15) is 0 Å². The minimum atomic E-state index is -4.37. The molecule has 1 nitrogen and oxygen atoms in total. The largest absolute Gasteiger partial charge is 0.393 e. The van der Waals surface area contributed by atoms with Gasteiger partial charge in [-0.15, -0.1) is 11.8 Å². The highest BCUT2D eigenvalue weighted by Crippen LogP contribution is 2.31. The number of thioether (sulfide) groups is 1. The summed E-state index contributed by atoms with van der Waals surface area (Å²) in [4.78, 5) is 0.242. The van der Waals surface area contributed by atoms with Crippen molar-refractivity contribution in [1.82, 2.24) is 0 Å². The van der Waals surface area contributed by atoms with E-state index in [1.54, 1.807) is 0 Å². The summed E-state index contributed by atoms with van der Waals surface area (Å²) in [6, 6.07) is 2.97. The van der Waals surface area contributed by atoms with Gasteiger partial charge in [0, 0.05) is 17.2 Å². The zero-order valence-corrected chi connectivity index (χ0v) is 9.42. The smallest absolute Gasteiger partial charge is 0.330 e. The van der Waals surface area contributed by atoms with Crippen molar-refractivity contribution in [2.24, 2.45) is 11.7 Å². The van der Waals surface area contributed by atoms with Gasteiger partial charge in [-0.05, 0) is 18.2 Å². The van der Waals surface area contributed by atoms with E-state index in [0.29, 0.717) is 0 Å². The molecule has 1 aromatic rings. The van der Waals surface area contributed by atoms with E-state index in [0.717, 1.165) is 23.9 Å². The highest BCUT2D eigenvalue weighted by Gasteiger charge is 2.38. The Bertz CT molecular complexity index is 379. The van der Waals surface area contributed by atoms with Gasteiger partial charge >= 0.3 is 6.18 Å². The molecular weight excluding hydrogens is 261 g/mol. The van der Waals surface area contributed by atoms with Crippen molar-refractivity contribution in [1.29, 1.82) is 0 Å². The van der Waals surface area contributed by atoms with E-state index in [2.05, 4.69) is 0 Å². The predicted octanol–water partition coefficient (Wildman–Crippen LogP) is 3.19. The molecule has 7 heteroatoms. The Balaban J connectivity index is 2.63. The first kappa shape index (κ1) is 14.2. The third-order valence-electron chi connectivity index (χ3n) is 2.09. The molecule has 17 heavy (non-hydrogen) atoms. The average Bonchev–Trinajstić information content (AvgIpc) is 2.22. The summed E-state index contributed by atoms with van der Waals surface area (Å²) >= 11 is 0.796. The van der Waals surface area contributed by atoms with Crippen LogP contribution in [-0.4, -0.2) is 18.5 Å². The first-order valence-corrected chi connectivity index (χ1v) is 5.67. The van der Waals surface area contributed by atoms with Gasteiger partial charge in [0.25, 0.3) is 0 Å². The lowest BCUT2D eigenvalue weighted by Gasteiger charge is -2.17. The van der Waals surface area contributed by atoms with Gasteiger partial charge in [0.05, 0.1) is 5.92 Å². The summed E-state index contributed by atoms with van der Waals surface area (Å²) in [5, 5.41) is 0. The lowest BCUT2D eigenvalue weighted by molar-refractivity contribution is -0.165. The number of hydrogen-bond acceptors (Lipinski definition) is 2. The van der Waals surface area contributed by atoms with Crippen molar-refractivity contribution < 1.29 is 22.0 Å². The maximum Gasteiger partial charge on any atom is 0.393 e. The molecule has 0 fully saturated rings. The van der Waals surface area contributed by atoms with Gasteiger partial charge in [0.1, 0.15) is 0 Å². The number of rotatable bonds is 4. The minimum absolute atomic E-state index is 0.242. The monoisotopic (exact) mass is 271 g/mol. The average molecular weight is 271 g/mol. The summed E-state index contributed by atoms with van der Waals surface area (Å²) < 4.78 is 62.4. The first-order valence-electron chi connectivity index (χ1n) is 4.69. The lowest BCUT2D eigenvalue weighted by atomic mass is 10.2. The quantitative estimate of drug-likeness (QED) is 0.672. The molecule has 0 aliphatic carbocycles. The van der Waals surface area contributed by atoms with Crippen molar-refractivity contribution >= 4 is 11.8 Å². The maximum atomic E-state index is 12.8. The normalized spacial score (nSPS) is 13.8. The van der Waals surface area contributed by atoms with Gasteiger partial charge in [-0.1, -0.05) is 0 Å². The van der Waals surface area contributed by atoms with Crippen LogP contribution in [0.25, 0.3) is 0 Å². The summed E-state index contributed by atoms with van der Waals surface area (Å²) in [7, 11) is 0. The molecule has 96 valence electrons. The number of halogens is 5. The van der Waals surface area contributed by atoms with Crippen molar-refractivity contribution in [3.05, 3.63) is 29.8 Å². The lowest BCUT2D eigenvalue weighted by Crippen LogP contribution is -2.32. The Hall–Kier alpha value is -0.820. The topological polar surface area (TPSA) is 26.0 Å². The second-order valence-corrected chi connectivity index (χ2v) is 4.45. The number of hydrogen-bond donors (Lipinski definition) is 1. The van der Waals surface area contributed by atoms with E-state index in [4.69, 9.17) is 5.73 Å². The van der Waals surface area contributed by atoms with Gasteiger partial charge in [-0.2, -0.15) is 13.2 Å². The van der Waals surface area contributed by atoms with Crippen molar-refractivity contribution in [2.45, 2.75) is 11.1 Å². The van der Waals surface area contributed by atoms with Crippen LogP contribution in [0, 0.1) is 17.6 Å². The minimum Gasteiger partial charge on any atom is -0.330 e. The van der Waals surface area contributed by atoms with E-state index >= 15 is 0 Å². The predicted molar refractivity (Wildman–Crippen MR) is 55.7 cm³/mol. The van der Waals surface area contributed by atoms with Crippen LogP contribution in [0.5, 0.6) is 0 Å². The SMILES string of the molecule is NCC(CSc1ccc(F)c(F)c1)C(F)(F)F. The van der Waals surface area contributed by atoms with Crippen LogP contribution < -0.4 is 5.73 Å². The molecule has 0 aromatic heterocycles. The standard InChI is InChI=1S/C10H10F5NS/c11-8-2-1-7(3-9(8)12)17-5-6(4-16)10(13,14)15/h1-3,6H,4-5,16H2. The van der Waals surface area contributed by atoms with Gasteiger partial charge < -0.3 is 5.73 Å². The number of benzene rings is 1. The van der Waals surface area contributed by atoms with E-state index < -0.39 is 30.3 Å². The van der Waals surface area contributed by atoms with Crippen LogP contribution in [0.3, 0.4) is 0 Å². The maximum absolute atomic E-state index is 12.8. The molecule has 0 spiro atoms. The van der Waals surface area contributed by atoms with Crippen molar-refractivity contribution in [3.63, 3.8) is 0 Å². The molecule has 1 aromatic carbocycles. The van der Waals surface area contributed by atoms with Crippen molar-refractivity contribution in [3.8, 4) is 0 Å². The van der Waals surface area contributed by atoms with Gasteiger partial charge in [-0.3, -0.25) is 0 Å². The summed E-state index contributed by atoms with van der Waals surface area (Å²) in [5.41, 5.74) is 5.01. The third kappa shape index (κ3) is 4.16. The van der Waals surface area contributed by atoms with E-state index in [-0.39, 0.29) is 10.6 Å². The molecule has 1 rings (SSSR count). The fourth-order valence-corrected chi connectivity index (χ4v) is 2.13. The zero-order valence-electron chi connectivity index (χ0n) is 8.60. The highest BCUT2D eigenvalue weighted by molar-refractivity contribution is 7.99. The summed E-state index contributed by atoms with van der Waals surface area (Å²) in [6.45, 7) is -0.528. The molecule has 0 saturated heterocycles. The van der Waals surface area contributed by atoms with Crippen molar-refractivity contribution in [2.75, 3.05) is 12.3 Å². The second kappa shape index (κ2) is 5.68. The van der Waals surface area contributed by atoms with Crippen LogP contribution in [-0.2, 0) is 0 Å². The second-order valence-electron chi connectivity index (χ2n) is 3.36. The Morgan fingerprint density at radius 2 is 1.82 bits per heavy atom. The molecule has 1 atom stereocenters. The molecule has 0 bridgehead atoms. The third-order valence-corrected chi connectivity index (χ3v) is 3.25. The number of alkyl halides is 3. The van der Waals surface area contributed by atoms with Crippen LogP contribution in [0.4, 0.5) is 22.0 Å². The van der Waals surface area contributed by atoms with Gasteiger partial charge in [-0.25, -0.2) is 8.78 Å². The molecule has 1 unspecified atom stereocenters. The molecule has 0 heterocycles. The van der Waals surface area contributed by atoms with E-state index in [1.165, 1.54) is 6.07 Å². The highest BCUT2D eigenvalue weighted by atomic mass is 32.2. The van der Waals surface area contributed by atoms with Gasteiger partial charge in [0.15, 0.2) is 11.6 Å². The summed E-state index contributed by atoms with van der Waals surface area (Å²) in [5.74, 6) is -4.07. The Kier molecular flexibility index (Phi) is 4.76. The van der Waals surface area contributed by atoms with Gasteiger partial charge in [0.2, 0.25) is 0 Å². The fourth-order valence-electron chi connectivity index (χ4n) is 1.06. The molecule has 0 amide bonds. The number of nitrogens with two attached hydrogens (primary N) is 1. The Morgan fingerprint density at radius 3 is 2.29 bits per heavy atom. The molecule has 0 radical (unpaired) electrons. The van der Waals surface area contributed by atoms with Crippen LogP contribution in [0.2, 0.25) is 0 Å². The summed E-state index contributed by atoms with van der Waals surface area (Å²) in [6.07, 6.45) is -4.37. The molecule has 0 aliphatic heterocycles. The molecule has 0 saturated carbocycles.